The van der Waals surface area contributed by atoms with E-state index in [0.29, 0.717) is 5.75 Å². The average Bonchev–Trinajstić information content (AvgIpc) is 2.46. The van der Waals surface area contributed by atoms with Crippen LogP contribution in [0.1, 0.15) is 50.7 Å². The van der Waals surface area contributed by atoms with Crippen LogP contribution in [0.25, 0.3) is 0 Å². The largest absolute Gasteiger partial charge is 0.493 e. The Morgan fingerprint density at radius 3 is 2.76 bits per heavy atom. The second-order valence-corrected chi connectivity index (χ2v) is 6.20. The molecule has 1 spiro atoms. The quantitative estimate of drug-likeness (QED) is 0.925. The highest BCUT2D eigenvalue weighted by Gasteiger charge is 2.43. The minimum atomic E-state index is -0.505. The molecule has 4 heteroatoms. The van der Waals surface area contributed by atoms with Crippen molar-refractivity contribution >= 4 is 0 Å². The molecule has 0 bridgehead atoms. The second-order valence-electron chi connectivity index (χ2n) is 6.20. The fourth-order valence-electron chi connectivity index (χ4n) is 3.22. The van der Waals surface area contributed by atoms with Gasteiger partial charge in [0.1, 0.15) is 6.10 Å². The number of benzene rings is 1. The molecule has 0 aromatic heterocycles. The average molecular weight is 292 g/mol. The smallest absolute Gasteiger partial charge is 0.161 e. The van der Waals surface area contributed by atoms with Crippen LogP contribution in [-0.2, 0) is 4.74 Å². The third-order valence-electron chi connectivity index (χ3n) is 4.68. The first-order chi connectivity index (χ1) is 10.1. The van der Waals surface area contributed by atoms with Crippen molar-refractivity contribution in [2.24, 2.45) is 0 Å². The van der Waals surface area contributed by atoms with Gasteiger partial charge in [0.05, 0.1) is 25.4 Å². The maximum Gasteiger partial charge on any atom is 0.161 e. The second kappa shape index (κ2) is 5.85. The number of rotatable bonds is 4. The van der Waals surface area contributed by atoms with Crippen LogP contribution in [0.4, 0.5) is 0 Å². The summed E-state index contributed by atoms with van der Waals surface area (Å²) in [5.74, 6) is 1.44. The summed E-state index contributed by atoms with van der Waals surface area (Å²) in [6.45, 7) is 2.52. The normalized spacial score (nSPS) is 25.2. The van der Waals surface area contributed by atoms with Crippen LogP contribution < -0.4 is 9.47 Å². The molecule has 116 valence electrons. The van der Waals surface area contributed by atoms with E-state index in [0.717, 1.165) is 43.6 Å². The molecule has 3 rings (SSSR count). The highest BCUT2D eigenvalue weighted by atomic mass is 16.5. The van der Waals surface area contributed by atoms with Gasteiger partial charge < -0.3 is 19.3 Å². The summed E-state index contributed by atoms with van der Waals surface area (Å²) in [6.07, 6.45) is 5.14. The van der Waals surface area contributed by atoms with E-state index in [2.05, 4.69) is 0 Å². The number of hydrogen-bond acceptors (Lipinski definition) is 4. The van der Waals surface area contributed by atoms with Gasteiger partial charge >= 0.3 is 0 Å². The van der Waals surface area contributed by atoms with Gasteiger partial charge in [0.2, 0.25) is 0 Å². The first-order valence-electron chi connectivity index (χ1n) is 7.78. The summed E-state index contributed by atoms with van der Waals surface area (Å²) in [5.41, 5.74) is 0.914. The number of hydrogen-bond donors (Lipinski definition) is 1. The van der Waals surface area contributed by atoms with Crippen molar-refractivity contribution in [1.82, 2.24) is 0 Å². The molecule has 1 heterocycles. The van der Waals surface area contributed by atoms with Crippen LogP contribution in [0.2, 0.25) is 0 Å². The molecule has 1 aromatic carbocycles. The molecule has 1 N–H and O–H groups in total. The van der Waals surface area contributed by atoms with E-state index in [1.165, 1.54) is 6.42 Å². The van der Waals surface area contributed by atoms with Crippen LogP contribution in [0.15, 0.2) is 18.2 Å². The van der Waals surface area contributed by atoms with Gasteiger partial charge in [-0.15, -0.1) is 0 Å². The first-order valence-corrected chi connectivity index (χ1v) is 7.78. The molecule has 2 aliphatic rings. The zero-order valence-electron chi connectivity index (χ0n) is 12.8. The minimum Gasteiger partial charge on any atom is -0.493 e. The Morgan fingerprint density at radius 1 is 1.33 bits per heavy atom. The van der Waals surface area contributed by atoms with Crippen LogP contribution in [0, 0.1) is 0 Å². The van der Waals surface area contributed by atoms with E-state index in [-0.39, 0.29) is 11.7 Å². The Bertz CT molecular complexity index is 494. The number of aliphatic hydroxyl groups is 1. The Balaban J connectivity index is 1.72. The molecule has 1 unspecified atom stereocenters. The topological polar surface area (TPSA) is 47.9 Å². The molecule has 0 amide bonds. The summed E-state index contributed by atoms with van der Waals surface area (Å²) in [7, 11) is 1.63. The molecule has 4 nitrogen and oxygen atoms in total. The van der Waals surface area contributed by atoms with Gasteiger partial charge in [-0.3, -0.25) is 0 Å². The van der Waals surface area contributed by atoms with E-state index in [1.54, 1.807) is 14.0 Å². The fraction of sp³-hybridized carbons (Fsp3) is 0.647. The zero-order chi connectivity index (χ0) is 14.9. The highest BCUT2D eigenvalue weighted by molar-refractivity contribution is 5.43. The predicted octanol–water partition coefficient (Wildman–Crippen LogP) is 3.23. The van der Waals surface area contributed by atoms with E-state index < -0.39 is 6.10 Å². The van der Waals surface area contributed by atoms with Crippen molar-refractivity contribution in [3.63, 3.8) is 0 Å². The Kier molecular flexibility index (Phi) is 4.09. The lowest BCUT2D eigenvalue weighted by Gasteiger charge is -2.46. The standard InChI is InChI=1S/C17H24O4/c1-12(18)13-4-5-15(16(10-13)19-2)21-14-6-9-20-17(11-14)7-3-8-17/h4-5,10,12,14,18H,3,6-9,11H2,1-2H3/t12-,14?/m0/s1. The maximum absolute atomic E-state index is 9.65. The summed E-state index contributed by atoms with van der Waals surface area (Å²) in [5, 5.41) is 9.65. The molecule has 1 aromatic rings. The van der Waals surface area contributed by atoms with Crippen molar-refractivity contribution in [3.8, 4) is 11.5 Å². The summed E-state index contributed by atoms with van der Waals surface area (Å²) < 4.78 is 17.5. The molecule has 1 saturated carbocycles. The molecule has 21 heavy (non-hydrogen) atoms. The van der Waals surface area contributed by atoms with Gasteiger partial charge in [-0.25, -0.2) is 0 Å². The van der Waals surface area contributed by atoms with Crippen molar-refractivity contribution in [1.29, 1.82) is 0 Å². The molecule has 1 aliphatic heterocycles. The molecular weight excluding hydrogens is 268 g/mol. The lowest BCUT2D eigenvalue weighted by atomic mass is 9.74. The van der Waals surface area contributed by atoms with E-state index in [1.807, 2.05) is 18.2 Å². The van der Waals surface area contributed by atoms with Gasteiger partial charge in [0, 0.05) is 12.8 Å². The van der Waals surface area contributed by atoms with Gasteiger partial charge in [-0.1, -0.05) is 6.07 Å². The van der Waals surface area contributed by atoms with Crippen LogP contribution >= 0.6 is 0 Å². The Hall–Kier alpha value is -1.26. The Morgan fingerprint density at radius 2 is 2.14 bits per heavy atom. The third-order valence-corrected chi connectivity index (χ3v) is 4.68. The number of aliphatic hydroxyl groups excluding tert-OH is 1. The SMILES string of the molecule is COc1cc([C@H](C)O)ccc1OC1CCOC2(CCC2)C1. The molecular formula is C17H24O4. The molecule has 1 aliphatic carbocycles. The monoisotopic (exact) mass is 292 g/mol. The van der Waals surface area contributed by atoms with Crippen molar-refractivity contribution in [2.45, 2.75) is 56.8 Å². The summed E-state index contributed by atoms with van der Waals surface area (Å²) >= 11 is 0. The molecule has 0 radical (unpaired) electrons. The van der Waals surface area contributed by atoms with Crippen molar-refractivity contribution in [2.75, 3.05) is 13.7 Å². The summed E-state index contributed by atoms with van der Waals surface area (Å²) in [6, 6.07) is 5.63. The zero-order valence-corrected chi connectivity index (χ0v) is 12.8. The maximum atomic E-state index is 9.65. The van der Waals surface area contributed by atoms with Gasteiger partial charge in [0.15, 0.2) is 11.5 Å². The lowest BCUT2D eigenvalue weighted by Crippen LogP contribution is -2.48. The van der Waals surface area contributed by atoms with Crippen LogP contribution in [-0.4, -0.2) is 30.5 Å². The van der Waals surface area contributed by atoms with Crippen molar-refractivity contribution < 1.29 is 19.3 Å². The van der Waals surface area contributed by atoms with Gasteiger partial charge in [-0.05, 0) is 43.9 Å². The van der Waals surface area contributed by atoms with E-state index in [4.69, 9.17) is 14.2 Å². The minimum absolute atomic E-state index is 0.0791. The van der Waals surface area contributed by atoms with E-state index >= 15 is 0 Å². The van der Waals surface area contributed by atoms with Gasteiger partial charge in [0.25, 0.3) is 0 Å². The lowest BCUT2D eigenvalue weighted by molar-refractivity contribution is -0.153. The predicted molar refractivity (Wildman–Crippen MR) is 79.8 cm³/mol. The van der Waals surface area contributed by atoms with E-state index in [9.17, 15) is 5.11 Å². The van der Waals surface area contributed by atoms with Crippen LogP contribution in [0.3, 0.4) is 0 Å². The highest BCUT2D eigenvalue weighted by Crippen LogP contribution is 2.43. The summed E-state index contributed by atoms with van der Waals surface area (Å²) in [4.78, 5) is 0. The van der Waals surface area contributed by atoms with Crippen molar-refractivity contribution in [3.05, 3.63) is 23.8 Å². The first kappa shape index (κ1) is 14.7. The number of ether oxygens (including phenoxy) is 3. The molecule has 2 atom stereocenters. The fourth-order valence-corrected chi connectivity index (χ4v) is 3.22. The molecule has 2 fully saturated rings. The van der Waals surface area contributed by atoms with Gasteiger partial charge in [-0.2, -0.15) is 0 Å². The Labute approximate surface area is 126 Å². The number of methoxy groups -OCH3 is 1. The molecule has 1 saturated heterocycles. The third kappa shape index (κ3) is 3.01. The van der Waals surface area contributed by atoms with Crippen LogP contribution in [0.5, 0.6) is 11.5 Å².